The van der Waals surface area contributed by atoms with Crippen LogP contribution >= 0.6 is 0 Å². The number of nitrogens with zero attached hydrogens (tertiary/aromatic N) is 1. The van der Waals surface area contributed by atoms with Crippen LogP contribution in [-0.2, 0) is 4.74 Å². The molecule has 1 aliphatic rings. The Morgan fingerprint density at radius 1 is 0.912 bits per heavy atom. The molecule has 0 spiro atoms. The molecule has 0 aromatic heterocycles. The van der Waals surface area contributed by atoms with Gasteiger partial charge in [0.15, 0.2) is 11.5 Å². The van der Waals surface area contributed by atoms with Crippen LogP contribution in [0.5, 0.6) is 11.5 Å². The van der Waals surface area contributed by atoms with E-state index in [2.05, 4.69) is 53.4 Å². The van der Waals surface area contributed by atoms with Gasteiger partial charge in [-0.3, -0.25) is 4.79 Å². The molecule has 3 aromatic rings. The predicted molar refractivity (Wildman–Crippen MR) is 134 cm³/mol. The number of methoxy groups -OCH3 is 1. The zero-order valence-corrected chi connectivity index (χ0v) is 19.8. The van der Waals surface area contributed by atoms with Crippen LogP contribution in [0.2, 0.25) is 0 Å². The number of aldehydes is 1. The largest absolute Gasteiger partial charge is 0.493 e. The van der Waals surface area contributed by atoms with Gasteiger partial charge in [0.2, 0.25) is 0 Å². The zero-order chi connectivity index (χ0) is 23.6. The average molecular weight is 460 g/mol. The number of rotatable bonds is 11. The van der Waals surface area contributed by atoms with Crippen LogP contribution in [-0.4, -0.2) is 50.6 Å². The molecule has 34 heavy (non-hydrogen) atoms. The minimum absolute atomic E-state index is 0.0343. The Morgan fingerprint density at radius 3 is 2.15 bits per heavy atom. The van der Waals surface area contributed by atoms with Crippen LogP contribution in [0.3, 0.4) is 0 Å². The van der Waals surface area contributed by atoms with Crippen LogP contribution in [0.4, 0.5) is 0 Å². The maximum atomic E-state index is 10.9. The van der Waals surface area contributed by atoms with E-state index in [1.54, 1.807) is 25.3 Å². The second-order valence-corrected chi connectivity index (χ2v) is 8.61. The molecule has 5 nitrogen and oxygen atoms in total. The van der Waals surface area contributed by atoms with Crippen LogP contribution < -0.4 is 9.47 Å². The van der Waals surface area contributed by atoms with Crippen molar-refractivity contribution < 1.29 is 19.0 Å². The summed E-state index contributed by atoms with van der Waals surface area (Å²) in [4.78, 5) is 13.4. The van der Waals surface area contributed by atoms with Gasteiger partial charge in [-0.05, 0) is 48.6 Å². The first-order valence-corrected chi connectivity index (χ1v) is 12.0. The van der Waals surface area contributed by atoms with E-state index >= 15 is 0 Å². The summed E-state index contributed by atoms with van der Waals surface area (Å²) in [6, 6.07) is 26.2. The van der Waals surface area contributed by atoms with Crippen molar-refractivity contribution in [3.63, 3.8) is 0 Å². The van der Waals surface area contributed by atoms with Crippen molar-refractivity contribution in [1.29, 1.82) is 0 Å². The van der Waals surface area contributed by atoms with E-state index in [1.807, 2.05) is 12.1 Å². The summed E-state index contributed by atoms with van der Waals surface area (Å²) in [5.74, 6) is 1.27. The summed E-state index contributed by atoms with van der Waals surface area (Å²) >= 11 is 0. The number of piperidine rings is 1. The van der Waals surface area contributed by atoms with Gasteiger partial charge in [-0.15, -0.1) is 0 Å². The van der Waals surface area contributed by atoms with Crippen LogP contribution in [0.15, 0.2) is 78.9 Å². The van der Waals surface area contributed by atoms with Crippen molar-refractivity contribution in [2.75, 3.05) is 33.4 Å². The predicted octanol–water partition coefficient (Wildman–Crippen LogP) is 5.55. The quantitative estimate of drug-likeness (QED) is 0.278. The van der Waals surface area contributed by atoms with Crippen molar-refractivity contribution in [2.45, 2.75) is 31.5 Å². The maximum absolute atomic E-state index is 10.9. The monoisotopic (exact) mass is 459 g/mol. The molecule has 3 aromatic carbocycles. The van der Waals surface area contributed by atoms with Crippen molar-refractivity contribution in [1.82, 2.24) is 4.90 Å². The van der Waals surface area contributed by atoms with Gasteiger partial charge < -0.3 is 19.1 Å². The Hall–Kier alpha value is -3.15. The van der Waals surface area contributed by atoms with E-state index in [1.165, 1.54) is 11.1 Å². The number of likely N-dealkylation sites (tertiary alicyclic amines) is 1. The molecule has 0 radical (unpaired) electrons. The third kappa shape index (κ3) is 6.46. The van der Waals surface area contributed by atoms with E-state index in [-0.39, 0.29) is 12.2 Å². The van der Waals surface area contributed by atoms with Gasteiger partial charge in [0.25, 0.3) is 0 Å². The maximum Gasteiger partial charge on any atom is 0.161 e. The van der Waals surface area contributed by atoms with Gasteiger partial charge in [0.05, 0.1) is 19.8 Å². The third-order valence-corrected chi connectivity index (χ3v) is 6.27. The summed E-state index contributed by atoms with van der Waals surface area (Å²) in [5.41, 5.74) is 2.98. The van der Waals surface area contributed by atoms with Crippen molar-refractivity contribution in [3.05, 3.63) is 95.6 Å². The molecule has 0 atom stereocenters. The molecule has 0 amide bonds. The van der Waals surface area contributed by atoms with E-state index in [0.29, 0.717) is 23.7 Å². The van der Waals surface area contributed by atoms with E-state index in [9.17, 15) is 4.79 Å². The molecule has 1 aliphatic heterocycles. The fourth-order valence-electron chi connectivity index (χ4n) is 4.41. The summed E-state index contributed by atoms with van der Waals surface area (Å²) in [5, 5.41) is 0. The highest BCUT2D eigenvalue weighted by Gasteiger charge is 2.24. The van der Waals surface area contributed by atoms with Crippen molar-refractivity contribution in [3.8, 4) is 11.5 Å². The lowest BCUT2D eigenvalue weighted by atomic mass is 10.00. The fourth-order valence-corrected chi connectivity index (χ4v) is 4.41. The van der Waals surface area contributed by atoms with Crippen LogP contribution in [0.25, 0.3) is 0 Å². The van der Waals surface area contributed by atoms with Crippen molar-refractivity contribution in [2.24, 2.45) is 0 Å². The summed E-state index contributed by atoms with van der Waals surface area (Å²) < 4.78 is 17.9. The second-order valence-electron chi connectivity index (χ2n) is 8.61. The number of hydrogen-bond donors (Lipinski definition) is 0. The fraction of sp³-hybridized carbons (Fsp3) is 0.345. The SMILES string of the molecule is COc1cc(C=O)ccc1OCCCN1CCC(OC(c2ccccc2)c2ccccc2)CC1. The molecular weight excluding hydrogens is 426 g/mol. The van der Waals surface area contributed by atoms with Gasteiger partial charge in [0.1, 0.15) is 12.4 Å². The normalized spacial score (nSPS) is 14.8. The van der Waals surface area contributed by atoms with Gasteiger partial charge in [-0.25, -0.2) is 0 Å². The Balaban J connectivity index is 1.24. The Kier molecular flexibility index (Phi) is 8.71. The van der Waals surface area contributed by atoms with Gasteiger partial charge in [-0.2, -0.15) is 0 Å². The molecule has 1 saturated heterocycles. The minimum atomic E-state index is -0.0343. The number of ether oxygens (including phenoxy) is 3. The highest BCUT2D eigenvalue weighted by atomic mass is 16.5. The molecule has 5 heteroatoms. The third-order valence-electron chi connectivity index (χ3n) is 6.27. The topological polar surface area (TPSA) is 48.0 Å². The molecule has 0 bridgehead atoms. The summed E-state index contributed by atoms with van der Waals surface area (Å²) in [6.07, 6.45) is 4.00. The van der Waals surface area contributed by atoms with Gasteiger partial charge >= 0.3 is 0 Å². The average Bonchev–Trinajstić information content (AvgIpc) is 2.91. The lowest BCUT2D eigenvalue weighted by Gasteiger charge is -2.34. The standard InChI is InChI=1S/C29H33NO4/c1-32-28-21-23(22-31)13-14-27(28)33-20-8-17-30-18-15-26(16-19-30)34-29(24-9-4-2-5-10-24)25-11-6-3-7-12-25/h2-7,9-14,21-22,26,29H,8,15-20H2,1H3. The zero-order valence-electron chi connectivity index (χ0n) is 19.8. The summed E-state index contributed by atoms with van der Waals surface area (Å²) in [6.45, 7) is 3.65. The van der Waals surface area contributed by atoms with E-state index < -0.39 is 0 Å². The van der Waals surface area contributed by atoms with Gasteiger partial charge in [0, 0.05) is 25.2 Å². The van der Waals surface area contributed by atoms with Crippen molar-refractivity contribution >= 4 is 6.29 Å². The first-order chi connectivity index (χ1) is 16.8. The Morgan fingerprint density at radius 2 is 1.56 bits per heavy atom. The molecule has 1 fully saturated rings. The highest BCUT2D eigenvalue weighted by molar-refractivity contribution is 5.76. The van der Waals surface area contributed by atoms with Crippen LogP contribution in [0.1, 0.15) is 46.9 Å². The molecule has 0 aliphatic carbocycles. The highest BCUT2D eigenvalue weighted by Crippen LogP contribution is 2.30. The number of carbonyl (C=O) groups excluding carboxylic acids is 1. The molecule has 0 unspecified atom stereocenters. The van der Waals surface area contributed by atoms with E-state index in [0.717, 1.165) is 45.2 Å². The molecule has 0 N–H and O–H groups in total. The molecule has 4 rings (SSSR count). The first kappa shape index (κ1) is 24.0. The van der Waals surface area contributed by atoms with E-state index in [4.69, 9.17) is 14.2 Å². The van der Waals surface area contributed by atoms with Gasteiger partial charge in [-0.1, -0.05) is 60.7 Å². The Bertz CT molecular complexity index is 977. The number of benzene rings is 3. The molecule has 1 heterocycles. The number of hydrogen-bond acceptors (Lipinski definition) is 5. The number of carbonyl (C=O) groups is 1. The molecular formula is C29H33NO4. The lowest BCUT2D eigenvalue weighted by molar-refractivity contribution is -0.0273. The lowest BCUT2D eigenvalue weighted by Crippen LogP contribution is -2.38. The molecule has 178 valence electrons. The second kappa shape index (κ2) is 12.4. The Labute approximate surface area is 202 Å². The molecule has 0 saturated carbocycles. The minimum Gasteiger partial charge on any atom is -0.493 e. The smallest absolute Gasteiger partial charge is 0.161 e. The summed E-state index contributed by atoms with van der Waals surface area (Å²) in [7, 11) is 1.59. The first-order valence-electron chi connectivity index (χ1n) is 12.0. The van der Waals surface area contributed by atoms with Crippen LogP contribution in [0, 0.1) is 0 Å².